The molecule has 0 amide bonds. The van der Waals surface area contributed by atoms with Crippen LogP contribution in [0.3, 0.4) is 0 Å². The summed E-state index contributed by atoms with van der Waals surface area (Å²) in [4.78, 5) is 2.52. The minimum absolute atomic E-state index is 0.375. The molecule has 2 nitrogen and oxygen atoms in total. The third-order valence-corrected chi connectivity index (χ3v) is 3.44. The van der Waals surface area contributed by atoms with E-state index in [0.29, 0.717) is 11.5 Å². The predicted octanol–water partition coefficient (Wildman–Crippen LogP) is 2.49. The van der Waals surface area contributed by atoms with Crippen molar-refractivity contribution >= 4 is 0 Å². The highest BCUT2D eigenvalue weighted by Gasteiger charge is 2.28. The molecular formula is C13H28N2. The molecule has 1 atom stereocenters. The van der Waals surface area contributed by atoms with Gasteiger partial charge in [0.2, 0.25) is 0 Å². The second-order valence-electron chi connectivity index (χ2n) is 5.98. The van der Waals surface area contributed by atoms with Gasteiger partial charge in [0.15, 0.2) is 0 Å². The lowest BCUT2D eigenvalue weighted by atomic mass is 9.84. The molecule has 2 heteroatoms. The molecule has 0 spiro atoms. The van der Waals surface area contributed by atoms with E-state index in [0.717, 1.165) is 12.6 Å². The van der Waals surface area contributed by atoms with Crippen molar-refractivity contribution in [2.75, 3.05) is 20.1 Å². The van der Waals surface area contributed by atoms with E-state index >= 15 is 0 Å². The molecule has 15 heavy (non-hydrogen) atoms. The largest absolute Gasteiger partial charge is 0.314 e. The van der Waals surface area contributed by atoms with Crippen molar-refractivity contribution in [3.8, 4) is 0 Å². The maximum atomic E-state index is 3.61. The molecule has 0 radical (unpaired) electrons. The minimum Gasteiger partial charge on any atom is -0.314 e. The van der Waals surface area contributed by atoms with Gasteiger partial charge in [-0.3, -0.25) is 0 Å². The average molecular weight is 212 g/mol. The lowest BCUT2D eigenvalue weighted by Gasteiger charge is -2.32. The zero-order valence-corrected chi connectivity index (χ0v) is 11.1. The van der Waals surface area contributed by atoms with E-state index in [2.05, 4.69) is 45.0 Å². The smallest absolute Gasteiger partial charge is 0.0128 e. The molecule has 0 bridgehead atoms. The quantitative estimate of drug-likeness (QED) is 0.728. The van der Waals surface area contributed by atoms with Gasteiger partial charge in [-0.1, -0.05) is 27.7 Å². The van der Waals surface area contributed by atoms with Crippen LogP contribution in [0.25, 0.3) is 0 Å². The first-order valence-electron chi connectivity index (χ1n) is 6.38. The van der Waals surface area contributed by atoms with Crippen LogP contribution in [0, 0.1) is 5.41 Å². The Kier molecular flexibility index (Phi) is 4.60. The molecule has 90 valence electrons. The summed E-state index contributed by atoms with van der Waals surface area (Å²) in [6.07, 6.45) is 4.10. The molecule has 1 unspecified atom stereocenters. The van der Waals surface area contributed by atoms with Crippen molar-refractivity contribution in [3.63, 3.8) is 0 Å². The van der Waals surface area contributed by atoms with Gasteiger partial charge >= 0.3 is 0 Å². The van der Waals surface area contributed by atoms with Gasteiger partial charge in [0, 0.05) is 12.1 Å². The van der Waals surface area contributed by atoms with E-state index in [1.165, 1.54) is 25.8 Å². The van der Waals surface area contributed by atoms with Crippen molar-refractivity contribution in [2.45, 2.75) is 59.0 Å². The molecule has 0 aromatic carbocycles. The van der Waals surface area contributed by atoms with Crippen LogP contribution in [-0.4, -0.2) is 37.1 Å². The number of hydrogen-bond acceptors (Lipinski definition) is 2. The summed E-state index contributed by atoms with van der Waals surface area (Å²) >= 11 is 0. The molecule has 0 saturated heterocycles. The molecule has 1 aliphatic rings. The molecule has 1 rings (SSSR count). The Bertz CT molecular complexity index is 179. The van der Waals surface area contributed by atoms with Crippen molar-refractivity contribution < 1.29 is 0 Å². The highest BCUT2D eigenvalue weighted by molar-refractivity contribution is 4.85. The van der Waals surface area contributed by atoms with E-state index in [1.807, 2.05) is 0 Å². The fourth-order valence-electron chi connectivity index (χ4n) is 2.12. The predicted molar refractivity (Wildman–Crippen MR) is 67.2 cm³/mol. The number of nitrogens with zero attached hydrogens (tertiary/aromatic N) is 1. The molecule has 0 aromatic rings. The normalized spacial score (nSPS) is 19.6. The lowest BCUT2D eigenvalue weighted by Crippen LogP contribution is -2.42. The maximum absolute atomic E-state index is 3.61. The molecular weight excluding hydrogens is 184 g/mol. The Labute approximate surface area is 95.4 Å². The summed E-state index contributed by atoms with van der Waals surface area (Å²) in [5.41, 5.74) is 0.375. The second-order valence-corrected chi connectivity index (χ2v) is 5.98. The molecule has 1 N–H and O–H groups in total. The van der Waals surface area contributed by atoms with Gasteiger partial charge in [0.25, 0.3) is 0 Å². The van der Waals surface area contributed by atoms with Crippen LogP contribution in [-0.2, 0) is 0 Å². The Morgan fingerprint density at radius 2 is 1.93 bits per heavy atom. The van der Waals surface area contributed by atoms with Crippen LogP contribution >= 0.6 is 0 Å². The van der Waals surface area contributed by atoms with E-state index < -0.39 is 0 Å². The summed E-state index contributed by atoms with van der Waals surface area (Å²) < 4.78 is 0. The maximum Gasteiger partial charge on any atom is 0.0128 e. The zero-order valence-electron chi connectivity index (χ0n) is 11.1. The average Bonchev–Trinajstić information content (AvgIpc) is 2.92. The van der Waals surface area contributed by atoms with E-state index in [4.69, 9.17) is 0 Å². The molecule has 0 aliphatic heterocycles. The van der Waals surface area contributed by atoms with E-state index in [9.17, 15) is 0 Å². The minimum atomic E-state index is 0.375. The summed E-state index contributed by atoms with van der Waals surface area (Å²) in [7, 11) is 2.27. The monoisotopic (exact) mass is 212 g/mol. The number of rotatable bonds is 6. The lowest BCUT2D eigenvalue weighted by molar-refractivity contribution is 0.220. The number of nitrogens with one attached hydrogen (secondary N) is 1. The van der Waals surface area contributed by atoms with Gasteiger partial charge in [0.1, 0.15) is 0 Å². The fraction of sp³-hybridized carbons (Fsp3) is 1.00. The van der Waals surface area contributed by atoms with Gasteiger partial charge in [-0.05, 0) is 44.8 Å². The Morgan fingerprint density at radius 3 is 2.33 bits per heavy atom. The zero-order chi connectivity index (χ0) is 11.5. The SMILES string of the molecule is CCNC(CCN(C)C1CC1)C(C)(C)C. The molecule has 1 fully saturated rings. The topological polar surface area (TPSA) is 15.3 Å². The molecule has 1 aliphatic carbocycles. The third-order valence-electron chi connectivity index (χ3n) is 3.44. The summed E-state index contributed by atoms with van der Waals surface area (Å²) in [6, 6.07) is 1.54. The summed E-state index contributed by atoms with van der Waals surface area (Å²) in [6.45, 7) is 11.5. The van der Waals surface area contributed by atoms with Crippen LogP contribution < -0.4 is 5.32 Å². The van der Waals surface area contributed by atoms with E-state index in [1.54, 1.807) is 0 Å². The summed E-state index contributed by atoms with van der Waals surface area (Å²) in [5.74, 6) is 0. The highest BCUT2D eigenvalue weighted by Crippen LogP contribution is 2.27. The Balaban J connectivity index is 2.30. The second kappa shape index (κ2) is 5.31. The van der Waals surface area contributed by atoms with Gasteiger partial charge in [0.05, 0.1) is 0 Å². The highest BCUT2D eigenvalue weighted by atomic mass is 15.2. The van der Waals surface area contributed by atoms with Gasteiger partial charge in [-0.25, -0.2) is 0 Å². The first kappa shape index (κ1) is 13.0. The first-order chi connectivity index (χ1) is 6.95. The van der Waals surface area contributed by atoms with Gasteiger partial charge < -0.3 is 10.2 Å². The third kappa shape index (κ3) is 4.52. The first-order valence-corrected chi connectivity index (χ1v) is 6.38. The van der Waals surface area contributed by atoms with Crippen LogP contribution in [0.15, 0.2) is 0 Å². The van der Waals surface area contributed by atoms with Crippen molar-refractivity contribution in [1.29, 1.82) is 0 Å². The summed E-state index contributed by atoms with van der Waals surface area (Å²) in [5, 5.41) is 3.61. The van der Waals surface area contributed by atoms with Crippen LogP contribution in [0.1, 0.15) is 47.0 Å². The van der Waals surface area contributed by atoms with E-state index in [-0.39, 0.29) is 0 Å². The van der Waals surface area contributed by atoms with Crippen LogP contribution in [0.4, 0.5) is 0 Å². The van der Waals surface area contributed by atoms with Crippen molar-refractivity contribution in [1.82, 2.24) is 10.2 Å². The fourth-order valence-corrected chi connectivity index (χ4v) is 2.12. The Morgan fingerprint density at radius 1 is 1.33 bits per heavy atom. The van der Waals surface area contributed by atoms with Crippen LogP contribution in [0.5, 0.6) is 0 Å². The van der Waals surface area contributed by atoms with Crippen LogP contribution in [0.2, 0.25) is 0 Å². The standard InChI is InChI=1S/C13H28N2/c1-6-14-12(13(2,3)4)9-10-15(5)11-7-8-11/h11-12,14H,6-10H2,1-5H3. The number of hydrogen-bond donors (Lipinski definition) is 1. The molecule has 1 saturated carbocycles. The van der Waals surface area contributed by atoms with Gasteiger partial charge in [-0.15, -0.1) is 0 Å². The molecule has 0 aromatic heterocycles. The van der Waals surface area contributed by atoms with Crippen molar-refractivity contribution in [3.05, 3.63) is 0 Å². The molecule has 0 heterocycles. The van der Waals surface area contributed by atoms with Crippen molar-refractivity contribution in [2.24, 2.45) is 5.41 Å². The Hall–Kier alpha value is -0.0800. The van der Waals surface area contributed by atoms with Gasteiger partial charge in [-0.2, -0.15) is 0 Å².